The number of carbonyl (C=O) groups is 2. The SMILES string of the molecule is CC(=O)N(C1CCOCC1)C1CCN(C(=O)c2ccc(F)c(Cl)c2)CC1. The number of likely N-dealkylation sites (tertiary alicyclic amines) is 1. The quantitative estimate of drug-likeness (QED) is 0.807. The Bertz CT molecular complexity index is 671. The lowest BCUT2D eigenvalue weighted by Crippen LogP contribution is -2.53. The van der Waals surface area contributed by atoms with Crippen LogP contribution < -0.4 is 0 Å². The summed E-state index contributed by atoms with van der Waals surface area (Å²) >= 11 is 5.78. The lowest BCUT2D eigenvalue weighted by atomic mass is 9.97. The molecule has 1 aromatic rings. The molecule has 2 fully saturated rings. The number of piperidine rings is 1. The van der Waals surface area contributed by atoms with Crippen LogP contribution in [0.4, 0.5) is 4.39 Å². The normalized spacial score (nSPS) is 19.4. The molecule has 0 bridgehead atoms. The molecule has 0 spiro atoms. The van der Waals surface area contributed by atoms with Gasteiger partial charge in [0.1, 0.15) is 5.82 Å². The summed E-state index contributed by atoms with van der Waals surface area (Å²) < 4.78 is 18.7. The van der Waals surface area contributed by atoms with Crippen LogP contribution in [0.25, 0.3) is 0 Å². The van der Waals surface area contributed by atoms with Crippen molar-refractivity contribution in [2.24, 2.45) is 0 Å². The fraction of sp³-hybridized carbons (Fsp3) is 0.579. The van der Waals surface area contributed by atoms with Crippen LogP contribution in [0.15, 0.2) is 18.2 Å². The third kappa shape index (κ3) is 4.18. The minimum Gasteiger partial charge on any atom is -0.381 e. The Morgan fingerprint density at radius 2 is 1.77 bits per heavy atom. The van der Waals surface area contributed by atoms with Crippen molar-refractivity contribution >= 4 is 23.4 Å². The summed E-state index contributed by atoms with van der Waals surface area (Å²) in [6, 6.07) is 4.42. The van der Waals surface area contributed by atoms with Crippen LogP contribution in [-0.4, -0.2) is 60.0 Å². The molecule has 7 heteroatoms. The monoisotopic (exact) mass is 382 g/mol. The number of carbonyl (C=O) groups excluding carboxylic acids is 2. The van der Waals surface area contributed by atoms with Crippen molar-refractivity contribution in [1.29, 1.82) is 0 Å². The smallest absolute Gasteiger partial charge is 0.253 e. The molecule has 5 nitrogen and oxygen atoms in total. The minimum absolute atomic E-state index is 0.0481. The molecule has 0 saturated carbocycles. The molecule has 0 radical (unpaired) electrons. The van der Waals surface area contributed by atoms with Crippen LogP contribution in [0.3, 0.4) is 0 Å². The van der Waals surface area contributed by atoms with Gasteiger partial charge in [0.25, 0.3) is 5.91 Å². The summed E-state index contributed by atoms with van der Waals surface area (Å²) in [6.45, 7) is 4.15. The highest BCUT2D eigenvalue weighted by atomic mass is 35.5. The van der Waals surface area contributed by atoms with Crippen molar-refractivity contribution in [1.82, 2.24) is 9.80 Å². The highest BCUT2D eigenvalue weighted by Crippen LogP contribution is 2.25. The fourth-order valence-corrected chi connectivity index (χ4v) is 4.12. The van der Waals surface area contributed by atoms with Gasteiger partial charge >= 0.3 is 0 Å². The second-order valence-corrected chi connectivity index (χ2v) is 7.33. The first-order valence-corrected chi connectivity index (χ1v) is 9.46. The first kappa shape index (κ1) is 19.1. The molecule has 2 heterocycles. The van der Waals surface area contributed by atoms with Crippen LogP contribution >= 0.6 is 11.6 Å². The van der Waals surface area contributed by atoms with Gasteiger partial charge in [-0.3, -0.25) is 9.59 Å². The molecule has 0 N–H and O–H groups in total. The van der Waals surface area contributed by atoms with E-state index in [9.17, 15) is 14.0 Å². The van der Waals surface area contributed by atoms with Gasteiger partial charge in [-0.1, -0.05) is 11.6 Å². The first-order valence-electron chi connectivity index (χ1n) is 9.08. The molecule has 2 aliphatic heterocycles. The summed E-state index contributed by atoms with van der Waals surface area (Å²) in [4.78, 5) is 28.6. The zero-order chi connectivity index (χ0) is 18.7. The van der Waals surface area contributed by atoms with Crippen molar-refractivity contribution in [3.05, 3.63) is 34.6 Å². The molecule has 26 heavy (non-hydrogen) atoms. The number of benzene rings is 1. The van der Waals surface area contributed by atoms with Gasteiger partial charge in [-0.05, 0) is 43.9 Å². The highest BCUT2D eigenvalue weighted by molar-refractivity contribution is 6.31. The van der Waals surface area contributed by atoms with E-state index >= 15 is 0 Å². The summed E-state index contributed by atoms with van der Waals surface area (Å²) in [5, 5.41) is -0.0481. The molecule has 0 unspecified atom stereocenters. The van der Waals surface area contributed by atoms with E-state index in [0.29, 0.717) is 31.9 Å². The summed E-state index contributed by atoms with van der Waals surface area (Å²) in [5.41, 5.74) is 0.391. The Hall–Kier alpha value is -1.66. The van der Waals surface area contributed by atoms with E-state index in [1.165, 1.54) is 18.2 Å². The number of nitrogens with zero attached hydrogens (tertiary/aromatic N) is 2. The van der Waals surface area contributed by atoms with Gasteiger partial charge in [-0.25, -0.2) is 4.39 Å². The molecular weight excluding hydrogens is 359 g/mol. The predicted octanol–water partition coefficient (Wildman–Crippen LogP) is 3.11. The second kappa shape index (κ2) is 8.35. The van der Waals surface area contributed by atoms with Crippen molar-refractivity contribution in [3.63, 3.8) is 0 Å². The van der Waals surface area contributed by atoms with Crippen molar-refractivity contribution in [2.45, 2.75) is 44.7 Å². The average Bonchev–Trinajstić information content (AvgIpc) is 2.65. The van der Waals surface area contributed by atoms with Crippen LogP contribution in [0, 0.1) is 5.82 Å². The predicted molar refractivity (Wildman–Crippen MR) is 96.7 cm³/mol. The summed E-state index contributed by atoms with van der Waals surface area (Å²) in [7, 11) is 0. The fourth-order valence-electron chi connectivity index (χ4n) is 3.93. The van der Waals surface area contributed by atoms with Crippen LogP contribution in [-0.2, 0) is 9.53 Å². The maximum absolute atomic E-state index is 13.3. The molecule has 0 aromatic heterocycles. The molecule has 142 valence electrons. The van der Waals surface area contributed by atoms with Gasteiger partial charge in [0.05, 0.1) is 5.02 Å². The topological polar surface area (TPSA) is 49.9 Å². The van der Waals surface area contributed by atoms with Crippen molar-refractivity contribution in [3.8, 4) is 0 Å². The van der Waals surface area contributed by atoms with E-state index in [0.717, 1.165) is 25.7 Å². The van der Waals surface area contributed by atoms with E-state index in [-0.39, 0.29) is 28.9 Å². The third-order valence-electron chi connectivity index (χ3n) is 5.26. The third-order valence-corrected chi connectivity index (χ3v) is 5.55. The number of rotatable bonds is 3. The maximum atomic E-state index is 13.3. The van der Waals surface area contributed by atoms with Crippen LogP contribution in [0.2, 0.25) is 5.02 Å². The van der Waals surface area contributed by atoms with Crippen LogP contribution in [0.1, 0.15) is 43.0 Å². The largest absolute Gasteiger partial charge is 0.381 e. The molecule has 3 rings (SSSR count). The lowest BCUT2D eigenvalue weighted by Gasteiger charge is -2.43. The van der Waals surface area contributed by atoms with Crippen molar-refractivity contribution in [2.75, 3.05) is 26.3 Å². The Morgan fingerprint density at radius 3 is 2.35 bits per heavy atom. The molecule has 0 aliphatic carbocycles. The molecular formula is C19H24ClFN2O3. The summed E-state index contributed by atoms with van der Waals surface area (Å²) in [5.74, 6) is -0.590. The van der Waals surface area contributed by atoms with Crippen molar-refractivity contribution < 1.29 is 18.7 Å². The van der Waals surface area contributed by atoms with E-state index in [1.54, 1.807) is 11.8 Å². The first-order chi connectivity index (χ1) is 12.5. The highest BCUT2D eigenvalue weighted by Gasteiger charge is 2.33. The Morgan fingerprint density at radius 1 is 1.15 bits per heavy atom. The van der Waals surface area contributed by atoms with E-state index in [2.05, 4.69) is 0 Å². The molecule has 2 amide bonds. The number of ether oxygens (including phenoxy) is 1. The molecule has 2 saturated heterocycles. The Balaban J connectivity index is 1.62. The van der Waals surface area contributed by atoms with Gasteiger partial charge in [-0.2, -0.15) is 0 Å². The van der Waals surface area contributed by atoms with E-state index in [4.69, 9.17) is 16.3 Å². The van der Waals surface area contributed by atoms with Gasteiger partial charge in [0.15, 0.2) is 0 Å². The molecule has 2 aliphatic rings. The Kier molecular flexibility index (Phi) is 6.14. The number of amides is 2. The van der Waals surface area contributed by atoms with Gasteiger partial charge in [0, 0.05) is 50.9 Å². The average molecular weight is 383 g/mol. The maximum Gasteiger partial charge on any atom is 0.253 e. The molecule has 1 aromatic carbocycles. The Labute approximate surface area is 158 Å². The number of halogens is 2. The lowest BCUT2D eigenvalue weighted by molar-refractivity contribution is -0.137. The van der Waals surface area contributed by atoms with Gasteiger partial charge < -0.3 is 14.5 Å². The second-order valence-electron chi connectivity index (χ2n) is 6.92. The number of hydrogen-bond donors (Lipinski definition) is 0. The van der Waals surface area contributed by atoms with E-state index < -0.39 is 5.82 Å². The summed E-state index contributed by atoms with van der Waals surface area (Å²) in [6.07, 6.45) is 3.23. The zero-order valence-electron chi connectivity index (χ0n) is 14.9. The molecule has 0 atom stereocenters. The van der Waals surface area contributed by atoms with E-state index in [1.807, 2.05) is 4.90 Å². The standard InChI is InChI=1S/C19H24ClFN2O3/c1-13(24)23(16-6-10-26-11-7-16)15-4-8-22(9-5-15)19(25)14-2-3-18(21)17(20)12-14/h2-3,12,15-16H,4-11H2,1H3. The van der Waals surface area contributed by atoms with Gasteiger partial charge in [0.2, 0.25) is 5.91 Å². The zero-order valence-corrected chi connectivity index (χ0v) is 15.7. The minimum atomic E-state index is -0.532. The number of hydrogen-bond acceptors (Lipinski definition) is 3. The van der Waals surface area contributed by atoms with Gasteiger partial charge in [-0.15, -0.1) is 0 Å². The van der Waals surface area contributed by atoms with Crippen LogP contribution in [0.5, 0.6) is 0 Å².